The molecule has 0 aliphatic carbocycles. The van der Waals surface area contributed by atoms with E-state index in [1.165, 1.54) is 0 Å². The van der Waals surface area contributed by atoms with E-state index in [1.807, 2.05) is 0 Å². The lowest BCUT2D eigenvalue weighted by Gasteiger charge is -2.33. The molecule has 2 fully saturated rings. The second-order valence-corrected chi connectivity index (χ2v) is 4.54. The van der Waals surface area contributed by atoms with Crippen molar-refractivity contribution >= 4 is 11.7 Å². The van der Waals surface area contributed by atoms with E-state index in [4.69, 9.17) is 15.9 Å². The molecule has 3 N–H and O–H groups in total. The summed E-state index contributed by atoms with van der Waals surface area (Å²) in [5.41, 5.74) is 6.22. The zero-order valence-corrected chi connectivity index (χ0v) is 9.47. The summed E-state index contributed by atoms with van der Waals surface area (Å²) in [6.07, 6.45) is 4.36. The number of nitrogens with zero attached hydrogens (tertiary/aromatic N) is 3. The minimum Gasteiger partial charge on any atom is -0.384 e. The van der Waals surface area contributed by atoms with E-state index >= 15 is 0 Å². The highest BCUT2D eigenvalue weighted by molar-refractivity contribution is 5.99. The molecular weight excluding hydrogens is 218 g/mol. The normalized spacial score (nSPS) is 27.2. The van der Waals surface area contributed by atoms with Crippen molar-refractivity contribution in [1.29, 1.82) is 5.41 Å². The first-order chi connectivity index (χ1) is 8.24. The minimum absolute atomic E-state index is 0.0359. The van der Waals surface area contributed by atoms with Gasteiger partial charge >= 0.3 is 0 Å². The molecule has 2 saturated heterocycles. The van der Waals surface area contributed by atoms with Crippen LogP contribution in [0.4, 0.5) is 5.82 Å². The molecule has 1 aromatic rings. The van der Waals surface area contributed by atoms with Crippen molar-refractivity contribution in [2.75, 3.05) is 18.0 Å². The van der Waals surface area contributed by atoms with Crippen LogP contribution in [-0.4, -0.2) is 41.3 Å². The van der Waals surface area contributed by atoms with Crippen LogP contribution in [0.15, 0.2) is 12.3 Å². The molecule has 2 bridgehead atoms. The van der Waals surface area contributed by atoms with Gasteiger partial charge in [-0.1, -0.05) is 0 Å². The molecule has 1 aromatic heterocycles. The zero-order valence-electron chi connectivity index (χ0n) is 9.47. The summed E-state index contributed by atoms with van der Waals surface area (Å²) in [4.78, 5) is 2.13. The van der Waals surface area contributed by atoms with Gasteiger partial charge in [0.25, 0.3) is 0 Å². The average Bonchev–Trinajstić information content (AvgIpc) is 2.68. The molecule has 3 rings (SSSR count). The molecule has 90 valence electrons. The van der Waals surface area contributed by atoms with E-state index in [9.17, 15) is 0 Å². The van der Waals surface area contributed by atoms with Gasteiger partial charge in [-0.3, -0.25) is 5.41 Å². The van der Waals surface area contributed by atoms with E-state index in [-0.39, 0.29) is 18.0 Å². The molecule has 6 nitrogen and oxygen atoms in total. The van der Waals surface area contributed by atoms with E-state index in [2.05, 4.69) is 15.1 Å². The van der Waals surface area contributed by atoms with Gasteiger partial charge in [-0.25, -0.2) is 0 Å². The van der Waals surface area contributed by atoms with Gasteiger partial charge < -0.3 is 15.4 Å². The molecule has 0 aromatic carbocycles. The molecular formula is C11H15N5O. The van der Waals surface area contributed by atoms with Crippen LogP contribution in [0.1, 0.15) is 18.4 Å². The Morgan fingerprint density at radius 2 is 2.12 bits per heavy atom. The quantitative estimate of drug-likeness (QED) is 0.560. The van der Waals surface area contributed by atoms with E-state index in [0.717, 1.165) is 25.9 Å². The molecule has 2 aliphatic heterocycles. The highest BCUT2D eigenvalue weighted by Crippen LogP contribution is 2.29. The average molecular weight is 233 g/mol. The number of rotatable bonds is 2. The highest BCUT2D eigenvalue weighted by Gasteiger charge is 2.35. The maximum Gasteiger partial charge on any atom is 0.162 e. The monoisotopic (exact) mass is 233 g/mol. The minimum atomic E-state index is 0.0359. The number of aromatic nitrogens is 2. The van der Waals surface area contributed by atoms with Gasteiger partial charge in [-0.15, -0.1) is 5.10 Å². The predicted molar refractivity (Wildman–Crippen MR) is 63.2 cm³/mol. The van der Waals surface area contributed by atoms with Crippen LogP contribution in [0.25, 0.3) is 0 Å². The SMILES string of the molecule is N=C(N)c1ccnnc1N1CC2CCC(C1)O2. The Labute approximate surface area is 99.3 Å². The van der Waals surface area contributed by atoms with Crippen molar-refractivity contribution in [2.24, 2.45) is 5.73 Å². The van der Waals surface area contributed by atoms with Crippen molar-refractivity contribution in [1.82, 2.24) is 10.2 Å². The molecule has 0 radical (unpaired) electrons. The molecule has 6 heteroatoms. The summed E-state index contributed by atoms with van der Waals surface area (Å²) < 4.78 is 5.77. The maximum absolute atomic E-state index is 7.56. The number of nitrogen functional groups attached to an aromatic ring is 1. The third-order valence-electron chi connectivity index (χ3n) is 3.33. The fourth-order valence-electron chi connectivity index (χ4n) is 2.56. The summed E-state index contributed by atoms with van der Waals surface area (Å²) >= 11 is 0. The van der Waals surface area contributed by atoms with Crippen LogP contribution in [0.2, 0.25) is 0 Å². The topological polar surface area (TPSA) is 88.1 Å². The summed E-state index contributed by atoms with van der Waals surface area (Å²) in [6.45, 7) is 1.63. The largest absolute Gasteiger partial charge is 0.384 e. The fraction of sp³-hybridized carbons (Fsp3) is 0.545. The number of hydrogen-bond donors (Lipinski definition) is 2. The van der Waals surface area contributed by atoms with Gasteiger partial charge in [0.1, 0.15) is 5.84 Å². The molecule has 2 unspecified atom stereocenters. The Balaban J connectivity index is 1.91. The number of fused-ring (bicyclic) bond motifs is 2. The lowest BCUT2D eigenvalue weighted by atomic mass is 10.2. The standard InChI is InChI=1S/C11H15N5O/c12-10(13)9-3-4-14-15-11(9)16-5-7-1-2-8(6-16)17-7/h3-4,7-8H,1-2,5-6H2,(H3,12,13). The molecule has 17 heavy (non-hydrogen) atoms. The zero-order chi connectivity index (χ0) is 11.8. The Morgan fingerprint density at radius 1 is 1.41 bits per heavy atom. The first-order valence-corrected chi connectivity index (χ1v) is 5.80. The van der Waals surface area contributed by atoms with Gasteiger partial charge in [0.2, 0.25) is 0 Å². The highest BCUT2D eigenvalue weighted by atomic mass is 16.5. The van der Waals surface area contributed by atoms with Crippen LogP contribution >= 0.6 is 0 Å². The number of morpholine rings is 1. The van der Waals surface area contributed by atoms with Crippen LogP contribution < -0.4 is 10.6 Å². The summed E-state index contributed by atoms with van der Waals surface area (Å²) in [6, 6.07) is 1.74. The van der Waals surface area contributed by atoms with E-state index < -0.39 is 0 Å². The van der Waals surface area contributed by atoms with Gasteiger partial charge in [0.05, 0.1) is 24.0 Å². The number of hydrogen-bond acceptors (Lipinski definition) is 5. The first-order valence-electron chi connectivity index (χ1n) is 5.80. The predicted octanol–water partition coefficient (Wildman–Crippen LogP) is 0.128. The molecule has 2 aliphatic rings. The second kappa shape index (κ2) is 3.96. The smallest absolute Gasteiger partial charge is 0.162 e. The lowest BCUT2D eigenvalue weighted by molar-refractivity contribution is 0.0301. The Morgan fingerprint density at radius 3 is 2.76 bits per heavy atom. The second-order valence-electron chi connectivity index (χ2n) is 4.54. The summed E-state index contributed by atoms with van der Waals surface area (Å²) in [5, 5.41) is 15.6. The molecule has 0 spiro atoms. The first kappa shape index (κ1) is 10.5. The lowest BCUT2D eigenvalue weighted by Crippen LogP contribution is -2.44. The van der Waals surface area contributed by atoms with Crippen molar-refractivity contribution in [2.45, 2.75) is 25.0 Å². The summed E-state index contributed by atoms with van der Waals surface area (Å²) in [5.74, 6) is 0.744. The molecule has 3 heterocycles. The van der Waals surface area contributed by atoms with Gasteiger partial charge in [-0.05, 0) is 18.9 Å². The number of nitrogens with two attached hydrogens (primary N) is 1. The Hall–Kier alpha value is -1.69. The van der Waals surface area contributed by atoms with E-state index in [0.29, 0.717) is 11.4 Å². The number of nitrogens with one attached hydrogen (secondary N) is 1. The van der Waals surface area contributed by atoms with Crippen molar-refractivity contribution in [3.63, 3.8) is 0 Å². The fourth-order valence-corrected chi connectivity index (χ4v) is 2.56. The van der Waals surface area contributed by atoms with Crippen molar-refractivity contribution < 1.29 is 4.74 Å². The van der Waals surface area contributed by atoms with Gasteiger partial charge in [0, 0.05) is 13.1 Å². The Bertz CT molecular complexity index is 437. The molecule has 0 amide bonds. The van der Waals surface area contributed by atoms with Crippen molar-refractivity contribution in [3.8, 4) is 0 Å². The Kier molecular flexibility index (Phi) is 2.44. The molecule has 0 saturated carbocycles. The van der Waals surface area contributed by atoms with Crippen LogP contribution in [-0.2, 0) is 4.74 Å². The van der Waals surface area contributed by atoms with Crippen molar-refractivity contribution in [3.05, 3.63) is 17.8 Å². The maximum atomic E-state index is 7.56. The van der Waals surface area contributed by atoms with Gasteiger partial charge in [0.15, 0.2) is 5.82 Å². The number of anilines is 1. The number of ether oxygens (including phenoxy) is 1. The third-order valence-corrected chi connectivity index (χ3v) is 3.33. The van der Waals surface area contributed by atoms with Crippen LogP contribution in [0.3, 0.4) is 0 Å². The molecule has 2 atom stereocenters. The van der Waals surface area contributed by atoms with Crippen LogP contribution in [0.5, 0.6) is 0 Å². The number of amidine groups is 1. The van der Waals surface area contributed by atoms with E-state index in [1.54, 1.807) is 12.3 Å². The third kappa shape index (κ3) is 1.84. The summed E-state index contributed by atoms with van der Waals surface area (Å²) in [7, 11) is 0. The van der Waals surface area contributed by atoms with Gasteiger partial charge in [-0.2, -0.15) is 5.10 Å². The van der Waals surface area contributed by atoms with Crippen LogP contribution in [0, 0.1) is 5.41 Å².